The summed E-state index contributed by atoms with van der Waals surface area (Å²) in [4.78, 5) is 6.39. The average Bonchev–Trinajstić information content (AvgIpc) is 2.88. The zero-order chi connectivity index (χ0) is 25.3. The molecule has 2 saturated heterocycles. The van der Waals surface area contributed by atoms with Crippen LogP contribution in [-0.2, 0) is 17.3 Å². The Hall–Kier alpha value is -1.65. The van der Waals surface area contributed by atoms with Crippen LogP contribution in [0.1, 0.15) is 42.4 Å². The highest BCUT2D eigenvalue weighted by Crippen LogP contribution is 2.46. The molecule has 2 aromatic rings. The van der Waals surface area contributed by atoms with Crippen LogP contribution in [-0.4, -0.2) is 63.4 Å². The smallest absolute Gasteiger partial charge is 0.382 e. The van der Waals surface area contributed by atoms with Crippen LogP contribution < -0.4 is 16.0 Å². The summed E-state index contributed by atoms with van der Waals surface area (Å²) in [6.45, 7) is 5.13. The molecule has 5 nitrogen and oxygen atoms in total. The van der Waals surface area contributed by atoms with E-state index in [-0.39, 0.29) is 24.6 Å². The maximum absolute atomic E-state index is 13.9. The fourth-order valence-electron chi connectivity index (χ4n) is 5.57. The van der Waals surface area contributed by atoms with Gasteiger partial charge in [-0.15, -0.1) is 12.4 Å². The van der Waals surface area contributed by atoms with Gasteiger partial charge in [0, 0.05) is 80.0 Å². The fourth-order valence-corrected chi connectivity index (χ4v) is 6.75. The highest BCUT2D eigenvalue weighted by atomic mass is 35.5. The summed E-state index contributed by atoms with van der Waals surface area (Å²) in [5, 5.41) is 3.50. The summed E-state index contributed by atoms with van der Waals surface area (Å²) >= 11 is 1.46. The molecular formula is C27H36ClF3N4OS. The molecule has 0 spiro atoms. The first-order chi connectivity index (χ1) is 17.3. The number of nitrogens with one attached hydrogen (secondary N) is 1. The SMILES string of the molecule is COC1CCCN(c2ccc3c(c2)Sc2cc(C(F)(F)F)cc(NC4CCN(CCN)CC4)c2C3)C1.Cl. The first-order valence-electron chi connectivity index (χ1n) is 12.9. The Balaban J connectivity index is 0.00000320. The van der Waals surface area contributed by atoms with Gasteiger partial charge in [-0.25, -0.2) is 0 Å². The molecule has 0 radical (unpaired) electrons. The first kappa shape index (κ1) is 28.4. The van der Waals surface area contributed by atoms with E-state index in [9.17, 15) is 13.2 Å². The van der Waals surface area contributed by atoms with Crippen molar-refractivity contribution in [1.82, 2.24) is 4.90 Å². The lowest BCUT2D eigenvalue weighted by molar-refractivity contribution is -0.137. The number of anilines is 2. The number of nitrogens with zero attached hydrogens (tertiary/aromatic N) is 2. The van der Waals surface area contributed by atoms with Crippen molar-refractivity contribution in [2.45, 2.75) is 60.2 Å². The first-order valence-corrected chi connectivity index (χ1v) is 13.7. The van der Waals surface area contributed by atoms with E-state index in [1.165, 1.54) is 23.9 Å². The number of ether oxygens (including phenoxy) is 1. The molecule has 37 heavy (non-hydrogen) atoms. The minimum Gasteiger partial charge on any atom is -0.382 e. The van der Waals surface area contributed by atoms with Crippen LogP contribution in [0.3, 0.4) is 0 Å². The maximum atomic E-state index is 13.9. The van der Waals surface area contributed by atoms with Gasteiger partial charge in [0.15, 0.2) is 0 Å². The number of piperidine rings is 2. The largest absolute Gasteiger partial charge is 0.416 e. The van der Waals surface area contributed by atoms with Crippen LogP contribution in [0.2, 0.25) is 0 Å². The number of alkyl halides is 3. The van der Waals surface area contributed by atoms with Crippen LogP contribution in [0, 0.1) is 0 Å². The molecule has 204 valence electrons. The Morgan fingerprint density at radius 3 is 2.57 bits per heavy atom. The third-order valence-corrected chi connectivity index (χ3v) is 8.83. The van der Waals surface area contributed by atoms with Crippen LogP contribution in [0.4, 0.5) is 24.5 Å². The Labute approximate surface area is 227 Å². The number of fused-ring (bicyclic) bond motifs is 2. The highest BCUT2D eigenvalue weighted by molar-refractivity contribution is 7.99. The van der Waals surface area contributed by atoms with Crippen molar-refractivity contribution in [2.24, 2.45) is 5.73 Å². The van der Waals surface area contributed by atoms with Crippen molar-refractivity contribution < 1.29 is 17.9 Å². The number of benzene rings is 2. The number of rotatable bonds is 6. The topological polar surface area (TPSA) is 53.8 Å². The molecular weight excluding hydrogens is 521 g/mol. The van der Waals surface area contributed by atoms with Gasteiger partial charge in [-0.3, -0.25) is 0 Å². The zero-order valence-electron chi connectivity index (χ0n) is 21.2. The maximum Gasteiger partial charge on any atom is 0.416 e. The fraction of sp³-hybridized carbons (Fsp3) is 0.556. The molecule has 0 aromatic heterocycles. The molecule has 3 heterocycles. The van der Waals surface area contributed by atoms with Crippen LogP contribution >= 0.6 is 24.2 Å². The normalized spacial score (nSPS) is 20.7. The third kappa shape index (κ3) is 6.50. The van der Waals surface area contributed by atoms with Crippen LogP contribution in [0.25, 0.3) is 0 Å². The molecule has 0 bridgehead atoms. The van der Waals surface area contributed by atoms with E-state index in [1.807, 2.05) is 0 Å². The molecule has 10 heteroatoms. The highest BCUT2D eigenvalue weighted by Gasteiger charge is 2.34. The number of hydrogen-bond donors (Lipinski definition) is 2. The van der Waals surface area contributed by atoms with Gasteiger partial charge < -0.3 is 25.6 Å². The Morgan fingerprint density at radius 1 is 1.08 bits per heavy atom. The van der Waals surface area contributed by atoms with Gasteiger partial charge in [0.2, 0.25) is 0 Å². The number of likely N-dealkylation sites (tertiary alicyclic amines) is 1. The summed E-state index contributed by atoms with van der Waals surface area (Å²) in [6.07, 6.45) is 0.385. The molecule has 3 aliphatic heterocycles. The Bertz CT molecular complexity index is 1080. The molecule has 2 aromatic carbocycles. The average molecular weight is 557 g/mol. The molecule has 1 unspecified atom stereocenters. The van der Waals surface area contributed by atoms with E-state index >= 15 is 0 Å². The van der Waals surface area contributed by atoms with E-state index in [2.05, 4.69) is 33.3 Å². The van der Waals surface area contributed by atoms with Crippen molar-refractivity contribution in [1.29, 1.82) is 0 Å². The zero-order valence-corrected chi connectivity index (χ0v) is 22.8. The Kier molecular flexibility index (Phi) is 9.22. The van der Waals surface area contributed by atoms with Crippen molar-refractivity contribution in [2.75, 3.05) is 56.6 Å². The van der Waals surface area contributed by atoms with Crippen molar-refractivity contribution in [3.8, 4) is 0 Å². The number of methoxy groups -OCH3 is 1. The van der Waals surface area contributed by atoms with Crippen molar-refractivity contribution >= 4 is 35.5 Å². The predicted molar refractivity (Wildman–Crippen MR) is 146 cm³/mol. The summed E-state index contributed by atoms with van der Waals surface area (Å²) in [5.41, 5.74) is 8.96. The van der Waals surface area contributed by atoms with Gasteiger partial charge in [0.25, 0.3) is 0 Å². The van der Waals surface area contributed by atoms with Crippen LogP contribution in [0.15, 0.2) is 40.1 Å². The van der Waals surface area contributed by atoms with E-state index in [0.29, 0.717) is 23.5 Å². The second-order valence-corrected chi connectivity index (χ2v) is 11.1. The summed E-state index contributed by atoms with van der Waals surface area (Å²) < 4.78 is 47.1. The lowest BCUT2D eigenvalue weighted by Crippen LogP contribution is -2.41. The summed E-state index contributed by atoms with van der Waals surface area (Å²) in [5.74, 6) is 0. The van der Waals surface area contributed by atoms with E-state index in [4.69, 9.17) is 10.5 Å². The van der Waals surface area contributed by atoms with Crippen LogP contribution in [0.5, 0.6) is 0 Å². The number of halogens is 4. The molecule has 0 amide bonds. The van der Waals surface area contributed by atoms with Gasteiger partial charge in [0.05, 0.1) is 11.7 Å². The van der Waals surface area contributed by atoms with Crippen molar-refractivity contribution in [3.63, 3.8) is 0 Å². The Morgan fingerprint density at radius 2 is 1.86 bits per heavy atom. The van der Waals surface area contributed by atoms with Gasteiger partial charge in [-0.2, -0.15) is 13.2 Å². The van der Waals surface area contributed by atoms with E-state index in [1.54, 1.807) is 7.11 Å². The monoisotopic (exact) mass is 556 g/mol. The summed E-state index contributed by atoms with van der Waals surface area (Å²) in [7, 11) is 1.75. The van der Waals surface area contributed by atoms with Gasteiger partial charge in [-0.05, 0) is 61.1 Å². The minimum atomic E-state index is -4.39. The predicted octanol–water partition coefficient (Wildman–Crippen LogP) is 5.63. The minimum absolute atomic E-state index is 0. The van der Waals surface area contributed by atoms with Gasteiger partial charge >= 0.3 is 6.18 Å². The lowest BCUT2D eigenvalue weighted by atomic mass is 9.97. The molecule has 5 rings (SSSR count). The second-order valence-electron chi connectivity index (χ2n) is 10.1. The molecule has 3 aliphatic rings. The molecule has 3 N–H and O–H groups in total. The lowest BCUT2D eigenvalue weighted by Gasteiger charge is -2.35. The summed E-state index contributed by atoms with van der Waals surface area (Å²) in [6, 6.07) is 9.22. The molecule has 1 atom stereocenters. The van der Waals surface area contributed by atoms with E-state index in [0.717, 1.165) is 80.1 Å². The standard InChI is InChI=1S/C27H35F3N4OS.ClH/c1-35-22-3-2-9-34(17-22)21-5-4-18-13-23-24(32-20-6-10-33(11-7-20)12-8-31)14-19(27(28,29)30)15-26(23)36-25(18)16-21;/h4-5,14-16,20,22,32H,2-3,6-13,17,31H2,1H3;1H. The molecule has 0 saturated carbocycles. The third-order valence-electron chi connectivity index (χ3n) is 7.64. The van der Waals surface area contributed by atoms with Gasteiger partial charge in [-0.1, -0.05) is 17.8 Å². The second kappa shape index (κ2) is 12.0. The van der Waals surface area contributed by atoms with Crippen molar-refractivity contribution in [3.05, 3.63) is 47.0 Å². The number of nitrogens with two attached hydrogens (primary N) is 1. The number of hydrogen-bond acceptors (Lipinski definition) is 6. The van der Waals surface area contributed by atoms with E-state index < -0.39 is 11.7 Å². The van der Waals surface area contributed by atoms with Gasteiger partial charge in [0.1, 0.15) is 0 Å². The molecule has 0 aliphatic carbocycles. The quantitative estimate of drug-likeness (QED) is 0.410. The molecule has 2 fully saturated rings.